The molecule has 1 aromatic carbocycles. The van der Waals surface area contributed by atoms with Crippen LogP contribution in [0.5, 0.6) is 5.75 Å². The van der Waals surface area contributed by atoms with Crippen molar-refractivity contribution in [1.82, 2.24) is 20.3 Å². The molecule has 0 saturated carbocycles. The predicted molar refractivity (Wildman–Crippen MR) is 192 cm³/mol. The molecule has 16 nitrogen and oxygen atoms in total. The van der Waals surface area contributed by atoms with Crippen LogP contribution in [0.1, 0.15) is 61.1 Å². The molecular weight excluding hydrogens is 699 g/mol. The number of aliphatic carboxylic acids is 1. The second-order valence-electron chi connectivity index (χ2n) is 12.3. The van der Waals surface area contributed by atoms with Crippen molar-refractivity contribution >= 4 is 37.4 Å². The monoisotopic (exact) mass is 748 g/mol. The van der Waals surface area contributed by atoms with E-state index in [9.17, 15) is 34.8 Å². The number of thioether (sulfide) groups is 1. The SMILES string of the molecule is BC(=O)OCc1ccc(O[C@@H]2O[C@H](C(=O)O)[C@@H](O)[C@H](O)[C@H]2O)c(C(=O)NCCOCOCc2cn(CCC/C(C)=C/CC/C(C)=C/CSC)nn2)c1. The summed E-state index contributed by atoms with van der Waals surface area (Å²) in [6.07, 6.45) is 3.29. The number of nitrogens with one attached hydrogen (secondary N) is 1. The summed E-state index contributed by atoms with van der Waals surface area (Å²) in [7, 11) is 1.23. The number of carbonyl (C=O) groups excluding carboxylic acids is 2. The summed E-state index contributed by atoms with van der Waals surface area (Å²) >= 11 is 1.82. The molecule has 2 heterocycles. The van der Waals surface area contributed by atoms with Crippen LogP contribution in [-0.4, -0.2) is 124 Å². The van der Waals surface area contributed by atoms with Gasteiger partial charge in [-0.1, -0.05) is 34.6 Å². The van der Waals surface area contributed by atoms with Gasteiger partial charge in [0, 0.05) is 18.8 Å². The molecular formula is C34H49BN4O12S. The van der Waals surface area contributed by atoms with Crippen LogP contribution in [0.25, 0.3) is 0 Å². The molecule has 5 atom stereocenters. The smallest absolute Gasteiger partial charge is 0.335 e. The topological polar surface area (TPSA) is 221 Å². The van der Waals surface area contributed by atoms with Crippen LogP contribution in [-0.2, 0) is 43.5 Å². The molecule has 0 aliphatic carbocycles. The lowest BCUT2D eigenvalue weighted by atomic mass is 9.99. The number of aromatic nitrogens is 3. The third-order valence-electron chi connectivity index (χ3n) is 7.91. The average Bonchev–Trinajstić information content (AvgIpc) is 3.56. The van der Waals surface area contributed by atoms with Crippen LogP contribution in [0.3, 0.4) is 0 Å². The van der Waals surface area contributed by atoms with Crippen LogP contribution in [0.4, 0.5) is 4.79 Å². The number of aliphatic hydroxyl groups is 3. The van der Waals surface area contributed by atoms with Gasteiger partial charge >= 0.3 is 5.97 Å². The van der Waals surface area contributed by atoms with Gasteiger partial charge in [0.1, 0.15) is 43.2 Å². The van der Waals surface area contributed by atoms with E-state index in [0.717, 1.165) is 38.0 Å². The molecule has 3 rings (SSSR count). The summed E-state index contributed by atoms with van der Waals surface area (Å²) in [6.45, 7) is 5.18. The quantitative estimate of drug-likeness (QED) is 0.0499. The van der Waals surface area contributed by atoms with Gasteiger partial charge in [-0.05, 0) is 63.5 Å². The number of allylic oxidation sites excluding steroid dienone is 3. The fourth-order valence-electron chi connectivity index (χ4n) is 5.01. The molecule has 1 saturated heterocycles. The normalized spacial score (nSPS) is 20.8. The van der Waals surface area contributed by atoms with E-state index in [1.165, 1.54) is 37.2 Å². The Hall–Kier alpha value is -3.78. The Morgan fingerprint density at radius 3 is 2.56 bits per heavy atom. The maximum Gasteiger partial charge on any atom is 0.335 e. The van der Waals surface area contributed by atoms with Gasteiger partial charge in [0.05, 0.1) is 25.0 Å². The highest BCUT2D eigenvalue weighted by Crippen LogP contribution is 2.28. The largest absolute Gasteiger partial charge is 0.479 e. The number of benzene rings is 1. The molecule has 1 aliphatic rings. The summed E-state index contributed by atoms with van der Waals surface area (Å²) in [5.74, 6) is -1.84. The number of hydrogen-bond donors (Lipinski definition) is 5. The van der Waals surface area contributed by atoms with Gasteiger partial charge in [-0.3, -0.25) is 14.3 Å². The van der Waals surface area contributed by atoms with Crippen molar-refractivity contribution < 1.29 is 58.5 Å². The molecule has 0 spiro atoms. The molecule has 52 heavy (non-hydrogen) atoms. The number of aliphatic hydroxyl groups excluding tert-OH is 3. The highest BCUT2D eigenvalue weighted by Gasteiger charge is 2.48. The predicted octanol–water partition coefficient (Wildman–Crippen LogP) is 1.56. The van der Waals surface area contributed by atoms with Gasteiger partial charge in [0.15, 0.2) is 6.10 Å². The Bertz CT molecular complexity index is 1520. The van der Waals surface area contributed by atoms with E-state index in [1.807, 2.05) is 18.0 Å². The van der Waals surface area contributed by atoms with Gasteiger partial charge in [0.2, 0.25) is 20.0 Å². The Morgan fingerprint density at radius 2 is 1.83 bits per heavy atom. The zero-order valence-electron chi connectivity index (χ0n) is 29.9. The lowest BCUT2D eigenvalue weighted by molar-refractivity contribution is -0.271. The van der Waals surface area contributed by atoms with E-state index in [0.29, 0.717) is 11.3 Å². The van der Waals surface area contributed by atoms with Crippen molar-refractivity contribution in [2.24, 2.45) is 0 Å². The number of hydrogen-bond acceptors (Lipinski definition) is 14. The van der Waals surface area contributed by atoms with Crippen LogP contribution in [0.15, 0.2) is 47.7 Å². The van der Waals surface area contributed by atoms with Crippen molar-refractivity contribution in [1.29, 1.82) is 0 Å². The van der Waals surface area contributed by atoms with E-state index >= 15 is 0 Å². The molecule has 1 fully saturated rings. The molecule has 2 aromatic rings. The van der Waals surface area contributed by atoms with E-state index in [4.69, 9.17) is 23.7 Å². The minimum Gasteiger partial charge on any atom is -0.479 e. The van der Waals surface area contributed by atoms with E-state index < -0.39 is 48.5 Å². The summed E-state index contributed by atoms with van der Waals surface area (Å²) in [5, 5.41) is 50.8. The first-order valence-electron chi connectivity index (χ1n) is 16.9. The highest BCUT2D eigenvalue weighted by atomic mass is 32.2. The number of amides is 1. The summed E-state index contributed by atoms with van der Waals surface area (Å²) in [6, 6.07) is 4.20. The summed E-state index contributed by atoms with van der Waals surface area (Å²) in [5.41, 5.74) is 3.81. The molecule has 0 unspecified atom stereocenters. The minimum atomic E-state index is -1.91. The van der Waals surface area contributed by atoms with Crippen molar-refractivity contribution in [2.45, 2.75) is 90.0 Å². The van der Waals surface area contributed by atoms with Crippen molar-refractivity contribution in [2.75, 3.05) is 32.0 Å². The van der Waals surface area contributed by atoms with Gasteiger partial charge in [-0.2, -0.15) is 11.8 Å². The molecule has 286 valence electrons. The van der Waals surface area contributed by atoms with E-state index in [1.54, 1.807) is 4.68 Å². The van der Waals surface area contributed by atoms with Crippen LogP contribution in [0, 0.1) is 0 Å². The molecule has 18 heteroatoms. The number of carboxylic acid groups (broad SMARTS) is 1. The first kappa shape index (κ1) is 42.6. The van der Waals surface area contributed by atoms with Crippen molar-refractivity contribution in [3.05, 3.63) is 64.5 Å². The number of carbonyl (C=O) groups is 3. The second kappa shape index (κ2) is 22.3. The maximum atomic E-state index is 13.2. The number of rotatable bonds is 22. The molecule has 5 N–H and O–H groups in total. The number of carboxylic acids is 1. The Kier molecular flexibility index (Phi) is 18.3. The molecule has 1 amide bonds. The van der Waals surface area contributed by atoms with Crippen molar-refractivity contribution in [3.8, 4) is 5.75 Å². The third-order valence-corrected chi connectivity index (χ3v) is 8.41. The Morgan fingerprint density at radius 1 is 1.06 bits per heavy atom. The first-order chi connectivity index (χ1) is 24.9. The first-order valence-corrected chi connectivity index (χ1v) is 18.3. The van der Waals surface area contributed by atoms with Crippen LogP contribution in [0.2, 0.25) is 0 Å². The Balaban J connectivity index is 1.42. The van der Waals surface area contributed by atoms with Crippen LogP contribution < -0.4 is 10.1 Å². The molecule has 0 radical (unpaired) electrons. The maximum absolute atomic E-state index is 13.2. The zero-order chi connectivity index (χ0) is 38.0. The van der Waals surface area contributed by atoms with Gasteiger partial charge in [0.25, 0.3) is 5.91 Å². The third kappa shape index (κ3) is 14.3. The van der Waals surface area contributed by atoms with Gasteiger partial charge in [-0.15, -0.1) is 5.10 Å². The second-order valence-corrected chi connectivity index (χ2v) is 13.2. The number of aryl methyl sites for hydroxylation is 1. The summed E-state index contributed by atoms with van der Waals surface area (Å²) in [4.78, 5) is 35.9. The Labute approximate surface area is 307 Å². The molecule has 0 bridgehead atoms. The fraction of sp³-hybridized carbons (Fsp3) is 0.559. The van der Waals surface area contributed by atoms with Gasteiger partial charge < -0.3 is 49.4 Å². The lowest BCUT2D eigenvalue weighted by Gasteiger charge is -2.38. The summed E-state index contributed by atoms with van der Waals surface area (Å²) < 4.78 is 28.6. The van der Waals surface area contributed by atoms with Crippen LogP contribution >= 0.6 is 11.8 Å². The highest BCUT2D eigenvalue weighted by molar-refractivity contribution is 7.98. The molecule has 1 aromatic heterocycles. The lowest BCUT2D eigenvalue weighted by Crippen LogP contribution is -2.61. The molecule has 1 aliphatic heterocycles. The van der Waals surface area contributed by atoms with E-state index in [-0.39, 0.29) is 44.5 Å². The van der Waals surface area contributed by atoms with E-state index in [2.05, 4.69) is 47.9 Å². The van der Waals surface area contributed by atoms with Gasteiger partial charge in [-0.25, -0.2) is 4.79 Å². The van der Waals surface area contributed by atoms with Crippen molar-refractivity contribution in [3.63, 3.8) is 0 Å². The fourth-order valence-corrected chi connectivity index (χ4v) is 5.46. The number of ether oxygens (including phenoxy) is 5. The standard InChI is InChI=1S/C34H49BN4O12S/c1-21(6-4-7-22(2)11-15-52-3)8-5-13-39-17-24(37-38-39)19-48-20-47-14-12-36-31(43)25-16-23(18-49-34(35)46)9-10-26(25)50-33-29(42)27(40)28(41)30(51-33)32(44)45/h6,9-11,16-17,27-30,33,40-42H,4-5,7-8,12-15,18-20,35H2,1-3H3,(H,36,43)(H,44,45)/b21-6+,22-11+/t27-,28-,29+,30-,33+/m0/s1. The average molecular weight is 749 g/mol. The number of nitrogens with zero attached hydrogens (tertiary/aromatic N) is 3. The zero-order valence-corrected chi connectivity index (χ0v) is 30.8. The minimum absolute atomic E-state index is 0.0583.